The van der Waals surface area contributed by atoms with Gasteiger partial charge in [0.1, 0.15) is 0 Å². The van der Waals surface area contributed by atoms with Crippen LogP contribution in [0.3, 0.4) is 0 Å². The van der Waals surface area contributed by atoms with E-state index >= 15 is 0 Å². The SMILES string of the molecule is CCOC(=O)/C=C/CN(C)Cc1cccc(Br)c1. The van der Waals surface area contributed by atoms with E-state index in [1.54, 1.807) is 6.92 Å². The second-order valence-electron chi connectivity index (χ2n) is 3.98. The van der Waals surface area contributed by atoms with Gasteiger partial charge in [-0.1, -0.05) is 34.1 Å². The van der Waals surface area contributed by atoms with Crippen molar-refractivity contribution < 1.29 is 9.53 Å². The Morgan fingerprint density at radius 2 is 2.28 bits per heavy atom. The number of ether oxygens (including phenoxy) is 1. The summed E-state index contributed by atoms with van der Waals surface area (Å²) in [6, 6.07) is 8.19. The summed E-state index contributed by atoms with van der Waals surface area (Å²) in [6.45, 7) is 3.76. The molecular weight excluding hydrogens is 294 g/mol. The molecule has 0 aliphatic heterocycles. The van der Waals surface area contributed by atoms with Gasteiger partial charge in [0.15, 0.2) is 0 Å². The second-order valence-corrected chi connectivity index (χ2v) is 4.90. The van der Waals surface area contributed by atoms with Gasteiger partial charge in [-0.2, -0.15) is 0 Å². The Balaban J connectivity index is 2.38. The Hall–Kier alpha value is -1.13. The molecule has 0 aliphatic rings. The van der Waals surface area contributed by atoms with Crippen LogP contribution in [0.15, 0.2) is 40.9 Å². The lowest BCUT2D eigenvalue weighted by atomic mass is 10.2. The van der Waals surface area contributed by atoms with Crippen LogP contribution < -0.4 is 0 Å². The first kappa shape index (κ1) is 14.9. The van der Waals surface area contributed by atoms with Gasteiger partial charge in [0.25, 0.3) is 0 Å². The Bertz CT molecular complexity index is 418. The van der Waals surface area contributed by atoms with Crippen LogP contribution >= 0.6 is 15.9 Å². The lowest BCUT2D eigenvalue weighted by Crippen LogP contribution is -2.17. The Morgan fingerprint density at radius 1 is 1.50 bits per heavy atom. The molecule has 0 spiro atoms. The van der Waals surface area contributed by atoms with E-state index in [0.717, 1.165) is 11.0 Å². The van der Waals surface area contributed by atoms with Crippen molar-refractivity contribution in [2.75, 3.05) is 20.2 Å². The van der Waals surface area contributed by atoms with Crippen molar-refractivity contribution in [2.45, 2.75) is 13.5 Å². The molecule has 98 valence electrons. The van der Waals surface area contributed by atoms with Gasteiger partial charge < -0.3 is 4.74 Å². The summed E-state index contributed by atoms with van der Waals surface area (Å²) in [7, 11) is 2.01. The molecule has 0 amide bonds. The Morgan fingerprint density at radius 3 is 2.94 bits per heavy atom. The van der Waals surface area contributed by atoms with E-state index in [1.165, 1.54) is 11.6 Å². The molecule has 3 nitrogen and oxygen atoms in total. The summed E-state index contributed by atoms with van der Waals surface area (Å²) in [4.78, 5) is 13.2. The number of carbonyl (C=O) groups is 1. The fraction of sp³-hybridized carbons (Fsp3) is 0.357. The van der Waals surface area contributed by atoms with Crippen molar-refractivity contribution in [2.24, 2.45) is 0 Å². The van der Waals surface area contributed by atoms with Crippen LogP contribution in [0.4, 0.5) is 0 Å². The molecular formula is C14H18BrNO2. The second kappa shape index (κ2) is 8.06. The number of benzene rings is 1. The van der Waals surface area contributed by atoms with Crippen LogP contribution in [0, 0.1) is 0 Å². The average molecular weight is 312 g/mol. The van der Waals surface area contributed by atoms with E-state index in [-0.39, 0.29) is 5.97 Å². The number of carbonyl (C=O) groups excluding carboxylic acids is 1. The van der Waals surface area contributed by atoms with Gasteiger partial charge in [-0.25, -0.2) is 4.79 Å². The normalized spacial score (nSPS) is 11.1. The standard InChI is InChI=1S/C14H18BrNO2/c1-3-18-14(17)8-5-9-16(2)11-12-6-4-7-13(15)10-12/h4-8,10H,3,9,11H2,1-2H3/b8-5+. The lowest BCUT2D eigenvalue weighted by molar-refractivity contribution is -0.137. The highest BCUT2D eigenvalue weighted by atomic mass is 79.9. The maximum Gasteiger partial charge on any atom is 0.330 e. The molecule has 1 aromatic carbocycles. The van der Waals surface area contributed by atoms with Crippen molar-refractivity contribution in [1.29, 1.82) is 0 Å². The molecule has 0 aliphatic carbocycles. The molecule has 0 aromatic heterocycles. The van der Waals surface area contributed by atoms with Crippen molar-refractivity contribution in [3.63, 3.8) is 0 Å². The zero-order chi connectivity index (χ0) is 13.4. The smallest absolute Gasteiger partial charge is 0.330 e. The van der Waals surface area contributed by atoms with Crippen molar-refractivity contribution in [3.8, 4) is 0 Å². The summed E-state index contributed by atoms with van der Waals surface area (Å²) in [5.74, 6) is -0.284. The zero-order valence-corrected chi connectivity index (χ0v) is 12.3. The molecule has 0 saturated heterocycles. The summed E-state index contributed by atoms with van der Waals surface area (Å²) < 4.78 is 5.89. The van der Waals surface area contributed by atoms with E-state index in [9.17, 15) is 4.79 Å². The van der Waals surface area contributed by atoms with Crippen LogP contribution in [-0.4, -0.2) is 31.1 Å². The summed E-state index contributed by atoms with van der Waals surface area (Å²) >= 11 is 3.45. The minimum atomic E-state index is -0.284. The fourth-order valence-corrected chi connectivity index (χ4v) is 1.98. The van der Waals surface area contributed by atoms with Crippen LogP contribution in [0.1, 0.15) is 12.5 Å². The topological polar surface area (TPSA) is 29.5 Å². The predicted molar refractivity (Wildman–Crippen MR) is 76.2 cm³/mol. The number of likely N-dealkylation sites (N-methyl/N-ethyl adjacent to an activating group) is 1. The first-order valence-electron chi connectivity index (χ1n) is 5.88. The van der Waals surface area contributed by atoms with Crippen molar-refractivity contribution in [3.05, 3.63) is 46.5 Å². The molecule has 0 heterocycles. The number of rotatable bonds is 6. The van der Waals surface area contributed by atoms with E-state index < -0.39 is 0 Å². The molecule has 0 unspecified atom stereocenters. The highest BCUT2D eigenvalue weighted by Crippen LogP contribution is 2.12. The maximum absolute atomic E-state index is 11.1. The highest BCUT2D eigenvalue weighted by molar-refractivity contribution is 9.10. The van der Waals surface area contributed by atoms with E-state index in [2.05, 4.69) is 33.0 Å². The van der Waals surface area contributed by atoms with E-state index in [4.69, 9.17) is 4.74 Å². The van der Waals surface area contributed by atoms with Crippen LogP contribution in [0.5, 0.6) is 0 Å². The first-order valence-corrected chi connectivity index (χ1v) is 6.67. The van der Waals surface area contributed by atoms with Crippen molar-refractivity contribution >= 4 is 21.9 Å². The van der Waals surface area contributed by atoms with Crippen molar-refractivity contribution in [1.82, 2.24) is 4.90 Å². The number of hydrogen-bond donors (Lipinski definition) is 0. The fourth-order valence-electron chi connectivity index (χ4n) is 1.53. The first-order chi connectivity index (χ1) is 8.61. The zero-order valence-electron chi connectivity index (χ0n) is 10.7. The molecule has 0 fully saturated rings. The minimum absolute atomic E-state index is 0.284. The third kappa shape index (κ3) is 5.98. The number of esters is 1. The molecule has 0 radical (unpaired) electrons. The van der Waals surface area contributed by atoms with Gasteiger partial charge in [-0.15, -0.1) is 0 Å². The molecule has 1 rings (SSSR count). The predicted octanol–water partition coefficient (Wildman–Crippen LogP) is 3.00. The number of halogens is 1. The third-order valence-electron chi connectivity index (χ3n) is 2.30. The lowest BCUT2D eigenvalue weighted by Gasteiger charge is -2.14. The summed E-state index contributed by atoms with van der Waals surface area (Å²) in [5, 5.41) is 0. The molecule has 1 aromatic rings. The van der Waals surface area contributed by atoms with Gasteiger partial charge >= 0.3 is 5.97 Å². The van der Waals surface area contributed by atoms with Gasteiger partial charge in [-0.05, 0) is 31.7 Å². The molecule has 18 heavy (non-hydrogen) atoms. The Kier molecular flexibility index (Phi) is 6.68. The van der Waals surface area contributed by atoms with Gasteiger partial charge in [0.05, 0.1) is 6.61 Å². The van der Waals surface area contributed by atoms with Crippen LogP contribution in [-0.2, 0) is 16.1 Å². The third-order valence-corrected chi connectivity index (χ3v) is 2.79. The van der Waals surface area contributed by atoms with E-state index in [1.807, 2.05) is 25.3 Å². The summed E-state index contributed by atoms with van der Waals surface area (Å²) in [6.07, 6.45) is 3.29. The highest BCUT2D eigenvalue weighted by Gasteiger charge is 1.99. The monoisotopic (exact) mass is 311 g/mol. The van der Waals surface area contributed by atoms with Gasteiger partial charge in [0.2, 0.25) is 0 Å². The average Bonchev–Trinajstić information content (AvgIpc) is 2.29. The summed E-state index contributed by atoms with van der Waals surface area (Å²) in [5.41, 5.74) is 1.23. The molecule has 0 saturated carbocycles. The molecule has 0 bridgehead atoms. The largest absolute Gasteiger partial charge is 0.463 e. The molecule has 4 heteroatoms. The molecule has 0 atom stereocenters. The number of nitrogens with zero attached hydrogens (tertiary/aromatic N) is 1. The van der Waals surface area contributed by atoms with E-state index in [0.29, 0.717) is 13.2 Å². The van der Waals surface area contributed by atoms with Gasteiger partial charge in [-0.3, -0.25) is 4.90 Å². The van der Waals surface area contributed by atoms with Crippen LogP contribution in [0.2, 0.25) is 0 Å². The maximum atomic E-state index is 11.1. The minimum Gasteiger partial charge on any atom is -0.463 e. The Labute approximate surface area is 117 Å². The van der Waals surface area contributed by atoms with Crippen LogP contribution in [0.25, 0.3) is 0 Å². The molecule has 0 N–H and O–H groups in total. The number of hydrogen-bond acceptors (Lipinski definition) is 3. The quantitative estimate of drug-likeness (QED) is 0.597. The van der Waals surface area contributed by atoms with Gasteiger partial charge in [0, 0.05) is 23.6 Å².